The van der Waals surface area contributed by atoms with E-state index in [2.05, 4.69) is 13.8 Å². The minimum absolute atomic E-state index is 0.0481. The van der Waals surface area contributed by atoms with E-state index in [9.17, 15) is 9.90 Å². The predicted octanol–water partition coefficient (Wildman–Crippen LogP) is 3.58. The van der Waals surface area contributed by atoms with Crippen LogP contribution in [-0.2, 0) is 21.4 Å². The van der Waals surface area contributed by atoms with Crippen LogP contribution in [0.15, 0.2) is 18.2 Å². The van der Waals surface area contributed by atoms with E-state index in [1.165, 1.54) is 18.2 Å². The first-order chi connectivity index (χ1) is 9.91. The van der Waals surface area contributed by atoms with Crippen LogP contribution in [0.25, 0.3) is 0 Å². The van der Waals surface area contributed by atoms with E-state index in [1.54, 1.807) is 6.07 Å². The van der Waals surface area contributed by atoms with Gasteiger partial charge in [0.15, 0.2) is 0 Å². The third-order valence-corrected chi connectivity index (χ3v) is 5.99. The van der Waals surface area contributed by atoms with Gasteiger partial charge in [-0.25, -0.2) is 0 Å². The van der Waals surface area contributed by atoms with E-state index in [1.807, 2.05) is 12.1 Å². The van der Waals surface area contributed by atoms with E-state index in [0.29, 0.717) is 5.75 Å². The summed E-state index contributed by atoms with van der Waals surface area (Å²) < 4.78 is 5.11. The number of carbonyl (C=O) groups is 1. The van der Waals surface area contributed by atoms with Crippen LogP contribution in [0.4, 0.5) is 0 Å². The van der Waals surface area contributed by atoms with Crippen molar-refractivity contribution in [1.29, 1.82) is 0 Å². The lowest BCUT2D eigenvalue weighted by Crippen LogP contribution is -2.52. The molecule has 0 saturated heterocycles. The molecule has 0 heterocycles. The molecule has 114 valence electrons. The second kappa shape index (κ2) is 4.75. The first kappa shape index (κ1) is 14.4. The molecule has 1 unspecified atom stereocenters. The second-order valence-corrected chi connectivity index (χ2v) is 7.11. The third kappa shape index (κ3) is 1.97. The van der Waals surface area contributed by atoms with Crippen molar-refractivity contribution in [2.45, 2.75) is 51.4 Å². The van der Waals surface area contributed by atoms with Gasteiger partial charge >= 0.3 is 5.97 Å². The summed E-state index contributed by atoms with van der Waals surface area (Å²) in [6.07, 6.45) is 4.98. The number of rotatable bonds is 1. The average Bonchev–Trinajstić information content (AvgIpc) is 2.46. The van der Waals surface area contributed by atoms with Gasteiger partial charge < -0.3 is 9.84 Å². The van der Waals surface area contributed by atoms with Gasteiger partial charge in [0.1, 0.15) is 5.75 Å². The Balaban J connectivity index is 2.10. The summed E-state index contributed by atoms with van der Waals surface area (Å²) in [4.78, 5) is 12.4. The Morgan fingerprint density at radius 1 is 1.33 bits per heavy atom. The zero-order chi connectivity index (χ0) is 15.3. The van der Waals surface area contributed by atoms with Gasteiger partial charge in [-0.2, -0.15) is 0 Å². The SMILES string of the molecule is COC(=O)C1(C)CCC[C@]2(C)c3cc(O)ccc3CC[C@@H]12. The minimum Gasteiger partial charge on any atom is -0.508 e. The summed E-state index contributed by atoms with van der Waals surface area (Å²) in [5, 5.41) is 9.89. The summed E-state index contributed by atoms with van der Waals surface area (Å²) >= 11 is 0. The number of phenolic OH excluding ortho intramolecular Hbond substituents is 1. The Morgan fingerprint density at radius 2 is 2.10 bits per heavy atom. The topological polar surface area (TPSA) is 46.5 Å². The molecule has 1 saturated carbocycles. The monoisotopic (exact) mass is 288 g/mol. The van der Waals surface area contributed by atoms with Crippen LogP contribution in [-0.4, -0.2) is 18.2 Å². The highest BCUT2D eigenvalue weighted by Gasteiger charge is 2.55. The fraction of sp³-hybridized carbons (Fsp3) is 0.611. The van der Waals surface area contributed by atoms with Crippen LogP contribution in [0.3, 0.4) is 0 Å². The van der Waals surface area contributed by atoms with Crippen molar-refractivity contribution in [1.82, 2.24) is 0 Å². The maximum atomic E-state index is 12.4. The number of ether oxygens (including phenoxy) is 1. The van der Waals surface area contributed by atoms with Gasteiger partial charge in [-0.3, -0.25) is 4.79 Å². The highest BCUT2D eigenvalue weighted by atomic mass is 16.5. The molecule has 3 atom stereocenters. The van der Waals surface area contributed by atoms with Crippen LogP contribution in [0, 0.1) is 11.3 Å². The van der Waals surface area contributed by atoms with Crippen LogP contribution in [0.5, 0.6) is 5.75 Å². The number of phenols is 1. The van der Waals surface area contributed by atoms with Gasteiger partial charge in [0, 0.05) is 0 Å². The zero-order valence-electron chi connectivity index (χ0n) is 13.1. The third-order valence-electron chi connectivity index (χ3n) is 5.99. The number of carbonyl (C=O) groups excluding carboxylic acids is 1. The summed E-state index contributed by atoms with van der Waals surface area (Å²) in [6, 6.07) is 5.71. The van der Waals surface area contributed by atoms with Gasteiger partial charge in [-0.05, 0) is 67.2 Å². The van der Waals surface area contributed by atoms with Gasteiger partial charge in [-0.1, -0.05) is 19.4 Å². The molecule has 1 aromatic carbocycles. The Morgan fingerprint density at radius 3 is 2.81 bits per heavy atom. The molecule has 21 heavy (non-hydrogen) atoms. The Labute approximate surface area is 126 Å². The fourth-order valence-corrected chi connectivity index (χ4v) is 4.93. The molecule has 1 fully saturated rings. The lowest BCUT2D eigenvalue weighted by molar-refractivity contribution is -0.161. The number of fused-ring (bicyclic) bond motifs is 3. The molecule has 3 heteroatoms. The minimum atomic E-state index is -0.412. The molecule has 0 spiro atoms. The van der Waals surface area contributed by atoms with Gasteiger partial charge in [0.2, 0.25) is 0 Å². The van der Waals surface area contributed by atoms with Crippen molar-refractivity contribution in [3.8, 4) is 5.75 Å². The molecule has 0 aromatic heterocycles. The molecule has 2 aliphatic rings. The molecule has 1 N–H and O–H groups in total. The summed E-state index contributed by atoms with van der Waals surface area (Å²) in [5.41, 5.74) is 2.09. The number of methoxy groups -OCH3 is 1. The number of esters is 1. The molecule has 3 nitrogen and oxygen atoms in total. The summed E-state index contributed by atoms with van der Waals surface area (Å²) in [7, 11) is 1.49. The predicted molar refractivity (Wildman–Crippen MR) is 81.2 cm³/mol. The molecule has 0 aliphatic heterocycles. The summed E-state index contributed by atoms with van der Waals surface area (Å²) in [5.74, 6) is 0.517. The fourth-order valence-electron chi connectivity index (χ4n) is 4.93. The highest BCUT2D eigenvalue weighted by Crippen LogP contribution is 2.57. The number of hydrogen-bond donors (Lipinski definition) is 1. The average molecular weight is 288 g/mol. The van der Waals surface area contributed by atoms with Gasteiger partial charge in [0.25, 0.3) is 0 Å². The lowest BCUT2D eigenvalue weighted by Gasteiger charge is -2.54. The maximum Gasteiger partial charge on any atom is 0.311 e. The van der Waals surface area contributed by atoms with Crippen molar-refractivity contribution >= 4 is 5.97 Å². The Bertz CT molecular complexity index is 580. The van der Waals surface area contributed by atoms with E-state index in [4.69, 9.17) is 4.74 Å². The van der Waals surface area contributed by atoms with Crippen LogP contribution in [0.1, 0.15) is 50.7 Å². The van der Waals surface area contributed by atoms with E-state index >= 15 is 0 Å². The molecule has 0 bridgehead atoms. The number of benzene rings is 1. The van der Waals surface area contributed by atoms with Crippen molar-refractivity contribution < 1.29 is 14.6 Å². The van der Waals surface area contributed by atoms with E-state index in [-0.39, 0.29) is 17.3 Å². The zero-order valence-corrected chi connectivity index (χ0v) is 13.1. The number of hydrogen-bond acceptors (Lipinski definition) is 3. The molecule has 0 radical (unpaired) electrons. The summed E-state index contributed by atoms with van der Waals surface area (Å²) in [6.45, 7) is 4.32. The van der Waals surface area contributed by atoms with E-state index in [0.717, 1.165) is 32.1 Å². The van der Waals surface area contributed by atoms with Crippen molar-refractivity contribution in [3.63, 3.8) is 0 Å². The normalized spacial score (nSPS) is 34.7. The Kier molecular flexibility index (Phi) is 3.27. The van der Waals surface area contributed by atoms with Crippen LogP contribution >= 0.6 is 0 Å². The molecular weight excluding hydrogens is 264 g/mol. The van der Waals surface area contributed by atoms with Crippen molar-refractivity contribution in [3.05, 3.63) is 29.3 Å². The first-order valence-electron chi connectivity index (χ1n) is 7.82. The molecule has 0 amide bonds. The molecule has 2 aliphatic carbocycles. The van der Waals surface area contributed by atoms with Crippen molar-refractivity contribution in [2.75, 3.05) is 7.11 Å². The Hall–Kier alpha value is -1.51. The largest absolute Gasteiger partial charge is 0.508 e. The molecule has 3 rings (SSSR count). The maximum absolute atomic E-state index is 12.4. The van der Waals surface area contributed by atoms with Crippen LogP contribution in [0.2, 0.25) is 0 Å². The van der Waals surface area contributed by atoms with E-state index < -0.39 is 5.41 Å². The second-order valence-electron chi connectivity index (χ2n) is 7.11. The molecular formula is C18H24O3. The smallest absolute Gasteiger partial charge is 0.311 e. The van der Waals surface area contributed by atoms with Gasteiger partial charge in [0.05, 0.1) is 12.5 Å². The molecule has 1 aromatic rings. The number of aromatic hydroxyl groups is 1. The highest BCUT2D eigenvalue weighted by molar-refractivity contribution is 5.77. The quantitative estimate of drug-likeness (QED) is 0.803. The standard InChI is InChI=1S/C18H24O3/c1-17-9-4-10-18(2,16(20)21-3)15(17)8-6-12-5-7-13(19)11-14(12)17/h5,7,11,15,19H,4,6,8-10H2,1-3H3/t15-,17-,18?/m1/s1. The number of aryl methyl sites for hydroxylation is 1. The lowest BCUT2D eigenvalue weighted by atomic mass is 9.50. The van der Waals surface area contributed by atoms with Crippen LogP contribution < -0.4 is 0 Å². The first-order valence-corrected chi connectivity index (χ1v) is 7.82. The van der Waals surface area contributed by atoms with Gasteiger partial charge in [-0.15, -0.1) is 0 Å². The van der Waals surface area contributed by atoms with Crippen molar-refractivity contribution in [2.24, 2.45) is 11.3 Å².